The number of nitrogens with zero attached hydrogens (tertiary/aromatic N) is 2. The summed E-state index contributed by atoms with van der Waals surface area (Å²) in [4.78, 5) is 26.4. The lowest BCUT2D eigenvalue weighted by Gasteiger charge is -2.17. The summed E-state index contributed by atoms with van der Waals surface area (Å²) >= 11 is 0. The summed E-state index contributed by atoms with van der Waals surface area (Å²) in [5.74, 6) is -0.307. The van der Waals surface area contributed by atoms with Crippen molar-refractivity contribution < 1.29 is 18.8 Å². The largest absolute Gasteiger partial charge is 0.452 e. The zero-order valence-electron chi connectivity index (χ0n) is 14.0. The van der Waals surface area contributed by atoms with E-state index in [1.54, 1.807) is 11.8 Å². The van der Waals surface area contributed by atoms with Crippen LogP contribution in [0.25, 0.3) is 0 Å². The van der Waals surface area contributed by atoms with Gasteiger partial charge in [-0.05, 0) is 25.0 Å². The second kappa shape index (κ2) is 6.47. The second-order valence-electron chi connectivity index (χ2n) is 6.16. The number of hydrogen-bond acceptors (Lipinski definition) is 5. The number of ether oxygens (including phenoxy) is 1. The Bertz CT molecular complexity index is 779. The maximum Gasteiger partial charge on any atom is 0.344 e. The normalized spacial score (nSPS) is 13.2. The maximum absolute atomic E-state index is 12.4. The Kier molecular flexibility index (Phi) is 4.38. The fourth-order valence-corrected chi connectivity index (χ4v) is 2.90. The van der Waals surface area contributed by atoms with Crippen molar-refractivity contribution in [1.82, 2.24) is 5.16 Å². The number of carbonyl (C=O) groups excluding carboxylic acids is 2. The molecule has 0 spiro atoms. The Balaban J connectivity index is 1.67. The van der Waals surface area contributed by atoms with Crippen LogP contribution in [0.4, 0.5) is 5.69 Å². The highest BCUT2D eigenvalue weighted by molar-refractivity contribution is 5.99. The third kappa shape index (κ3) is 2.91. The van der Waals surface area contributed by atoms with Gasteiger partial charge in [0, 0.05) is 18.2 Å². The number of fused-ring (bicyclic) bond motifs is 1. The number of esters is 1. The average Bonchev–Trinajstić information content (AvgIpc) is 3.16. The van der Waals surface area contributed by atoms with Crippen molar-refractivity contribution in [2.75, 3.05) is 18.1 Å². The summed E-state index contributed by atoms with van der Waals surface area (Å²) in [7, 11) is 0. The number of hydrogen-bond donors (Lipinski definition) is 0. The van der Waals surface area contributed by atoms with Crippen LogP contribution in [0, 0.1) is 6.92 Å². The third-order valence-corrected chi connectivity index (χ3v) is 4.13. The standard InChI is InChI=1S/C18H20N2O4/c1-11(2)17-16(12(3)19-24-17)18(22)23-10-15(21)20-9-8-13-6-4-5-7-14(13)20/h4-7,11H,8-10H2,1-3H3. The lowest BCUT2D eigenvalue weighted by molar-refractivity contribution is -0.121. The first-order valence-corrected chi connectivity index (χ1v) is 8.00. The SMILES string of the molecule is Cc1noc(C(C)C)c1C(=O)OCC(=O)N1CCc2ccccc21. The van der Waals surface area contributed by atoms with Gasteiger partial charge < -0.3 is 14.2 Å². The number of aromatic nitrogens is 1. The van der Waals surface area contributed by atoms with Gasteiger partial charge in [-0.3, -0.25) is 4.79 Å². The fourth-order valence-electron chi connectivity index (χ4n) is 2.90. The van der Waals surface area contributed by atoms with Crippen LogP contribution in [0.2, 0.25) is 0 Å². The number of anilines is 1. The average molecular weight is 328 g/mol. The maximum atomic E-state index is 12.4. The Morgan fingerprint density at radius 1 is 1.33 bits per heavy atom. The van der Waals surface area contributed by atoms with Crippen molar-refractivity contribution in [3.8, 4) is 0 Å². The van der Waals surface area contributed by atoms with E-state index >= 15 is 0 Å². The van der Waals surface area contributed by atoms with Gasteiger partial charge in [0.2, 0.25) is 0 Å². The molecule has 0 unspecified atom stereocenters. The molecule has 1 aliphatic rings. The summed E-state index contributed by atoms with van der Waals surface area (Å²) in [6.07, 6.45) is 0.818. The molecule has 0 atom stereocenters. The summed E-state index contributed by atoms with van der Waals surface area (Å²) in [5.41, 5.74) is 2.82. The Morgan fingerprint density at radius 2 is 2.08 bits per heavy atom. The Hall–Kier alpha value is -2.63. The molecule has 1 aromatic heterocycles. The molecule has 6 nitrogen and oxygen atoms in total. The van der Waals surface area contributed by atoms with Crippen LogP contribution in [-0.2, 0) is 16.0 Å². The molecule has 24 heavy (non-hydrogen) atoms. The van der Waals surface area contributed by atoms with E-state index in [9.17, 15) is 9.59 Å². The number of benzene rings is 1. The molecule has 1 aromatic carbocycles. The monoisotopic (exact) mass is 328 g/mol. The Morgan fingerprint density at radius 3 is 2.83 bits per heavy atom. The van der Waals surface area contributed by atoms with Gasteiger partial charge in [0.1, 0.15) is 5.56 Å². The first kappa shape index (κ1) is 16.2. The molecule has 3 rings (SSSR count). The molecule has 0 fully saturated rings. The van der Waals surface area contributed by atoms with Crippen molar-refractivity contribution in [1.29, 1.82) is 0 Å². The van der Waals surface area contributed by atoms with Crippen molar-refractivity contribution >= 4 is 17.6 Å². The molecule has 126 valence electrons. The molecular formula is C18H20N2O4. The molecule has 1 amide bonds. The van der Waals surface area contributed by atoms with Crippen LogP contribution in [0.1, 0.15) is 47.1 Å². The minimum Gasteiger partial charge on any atom is -0.452 e. The number of aryl methyl sites for hydroxylation is 1. The number of amides is 1. The highest BCUT2D eigenvalue weighted by Gasteiger charge is 2.27. The van der Waals surface area contributed by atoms with E-state index in [2.05, 4.69) is 5.16 Å². The van der Waals surface area contributed by atoms with Crippen molar-refractivity contribution in [3.63, 3.8) is 0 Å². The summed E-state index contributed by atoms with van der Waals surface area (Å²) < 4.78 is 10.4. The van der Waals surface area contributed by atoms with Gasteiger partial charge >= 0.3 is 5.97 Å². The van der Waals surface area contributed by atoms with Crippen LogP contribution in [0.3, 0.4) is 0 Å². The van der Waals surface area contributed by atoms with Gasteiger partial charge in [0.05, 0.1) is 5.69 Å². The van der Waals surface area contributed by atoms with Crippen LogP contribution in [0.15, 0.2) is 28.8 Å². The van der Waals surface area contributed by atoms with E-state index in [1.165, 1.54) is 0 Å². The summed E-state index contributed by atoms with van der Waals surface area (Å²) in [5, 5.41) is 3.82. The van der Waals surface area contributed by atoms with Gasteiger partial charge in [-0.25, -0.2) is 4.79 Å². The van der Waals surface area contributed by atoms with Gasteiger partial charge in [-0.15, -0.1) is 0 Å². The van der Waals surface area contributed by atoms with Crippen molar-refractivity contribution in [2.45, 2.75) is 33.1 Å². The van der Waals surface area contributed by atoms with E-state index in [0.29, 0.717) is 23.6 Å². The van der Waals surface area contributed by atoms with Gasteiger partial charge in [0.15, 0.2) is 12.4 Å². The van der Waals surface area contributed by atoms with Crippen LogP contribution in [0.5, 0.6) is 0 Å². The molecular weight excluding hydrogens is 308 g/mol. The minimum absolute atomic E-state index is 0.00918. The summed E-state index contributed by atoms with van der Waals surface area (Å²) in [6.45, 7) is 5.81. The third-order valence-electron chi connectivity index (χ3n) is 4.13. The minimum atomic E-state index is -0.571. The number of para-hydroxylation sites is 1. The molecule has 1 aliphatic heterocycles. The van der Waals surface area contributed by atoms with E-state index in [1.807, 2.05) is 38.1 Å². The van der Waals surface area contributed by atoms with Gasteiger partial charge in [0.25, 0.3) is 5.91 Å². The lowest BCUT2D eigenvalue weighted by Crippen LogP contribution is -2.33. The molecule has 2 aromatic rings. The van der Waals surface area contributed by atoms with Gasteiger partial charge in [-0.1, -0.05) is 37.2 Å². The van der Waals surface area contributed by atoms with Crippen LogP contribution < -0.4 is 4.90 Å². The van der Waals surface area contributed by atoms with Crippen molar-refractivity contribution in [2.24, 2.45) is 0 Å². The van der Waals surface area contributed by atoms with Crippen LogP contribution in [-0.4, -0.2) is 30.2 Å². The molecule has 0 radical (unpaired) electrons. The summed E-state index contributed by atoms with van der Waals surface area (Å²) in [6, 6.07) is 7.76. The molecule has 0 saturated heterocycles. The molecule has 2 heterocycles. The topological polar surface area (TPSA) is 72.6 Å². The van der Waals surface area contributed by atoms with Crippen molar-refractivity contribution in [3.05, 3.63) is 46.8 Å². The van der Waals surface area contributed by atoms with Crippen LogP contribution >= 0.6 is 0 Å². The van der Waals surface area contributed by atoms with E-state index in [-0.39, 0.29) is 18.4 Å². The number of rotatable bonds is 4. The molecule has 0 aliphatic carbocycles. The van der Waals surface area contributed by atoms with E-state index in [4.69, 9.17) is 9.26 Å². The quantitative estimate of drug-likeness (QED) is 0.807. The first-order valence-electron chi connectivity index (χ1n) is 8.00. The molecule has 0 N–H and O–H groups in total. The smallest absolute Gasteiger partial charge is 0.344 e. The predicted octanol–water partition coefficient (Wildman–Crippen LogP) is 2.85. The Labute approximate surface area is 140 Å². The number of carbonyl (C=O) groups is 2. The zero-order chi connectivity index (χ0) is 17.3. The highest BCUT2D eigenvalue weighted by atomic mass is 16.5. The molecule has 0 saturated carbocycles. The van der Waals surface area contributed by atoms with E-state index < -0.39 is 5.97 Å². The highest BCUT2D eigenvalue weighted by Crippen LogP contribution is 2.27. The van der Waals surface area contributed by atoms with Gasteiger partial charge in [-0.2, -0.15) is 0 Å². The lowest BCUT2D eigenvalue weighted by atomic mass is 10.1. The first-order chi connectivity index (χ1) is 11.5. The molecule has 0 bridgehead atoms. The molecule has 6 heteroatoms. The predicted molar refractivity (Wildman–Crippen MR) is 88.1 cm³/mol. The van der Waals surface area contributed by atoms with E-state index in [0.717, 1.165) is 17.7 Å². The zero-order valence-corrected chi connectivity index (χ0v) is 14.0. The fraction of sp³-hybridized carbons (Fsp3) is 0.389. The second-order valence-corrected chi connectivity index (χ2v) is 6.16.